The zero-order chi connectivity index (χ0) is 15.2. The van der Waals surface area contributed by atoms with Crippen molar-refractivity contribution < 1.29 is 18.6 Å². The summed E-state index contributed by atoms with van der Waals surface area (Å²) in [7, 11) is 0. The topological polar surface area (TPSA) is 29.5 Å². The van der Waals surface area contributed by atoms with Crippen molar-refractivity contribution in [2.45, 2.75) is 18.9 Å². The molecule has 2 aromatic carbocycles. The van der Waals surface area contributed by atoms with Gasteiger partial charge < -0.3 is 9.84 Å². The van der Waals surface area contributed by atoms with Crippen molar-refractivity contribution in [3.05, 3.63) is 64.1 Å². The molecule has 1 N–H and O–H groups in total. The van der Waals surface area contributed by atoms with E-state index in [1.165, 1.54) is 12.1 Å². The van der Waals surface area contributed by atoms with Gasteiger partial charge in [0.15, 0.2) is 0 Å². The average molecular weight is 357 g/mol. The van der Waals surface area contributed by atoms with Crippen LogP contribution in [0.4, 0.5) is 8.78 Å². The molecule has 0 saturated carbocycles. The van der Waals surface area contributed by atoms with Gasteiger partial charge >= 0.3 is 0 Å². The molecular weight excluding hydrogens is 342 g/mol. The van der Waals surface area contributed by atoms with E-state index in [1.807, 2.05) is 18.2 Å². The highest BCUT2D eigenvalue weighted by Gasteiger charge is 2.16. The van der Waals surface area contributed by atoms with Gasteiger partial charge in [-0.25, -0.2) is 8.78 Å². The van der Waals surface area contributed by atoms with E-state index in [-0.39, 0.29) is 23.1 Å². The first-order chi connectivity index (χ1) is 10.1. The molecule has 0 radical (unpaired) electrons. The van der Waals surface area contributed by atoms with Crippen molar-refractivity contribution in [1.82, 2.24) is 0 Å². The van der Waals surface area contributed by atoms with Crippen LogP contribution in [0.1, 0.15) is 12.0 Å². The van der Waals surface area contributed by atoms with E-state index >= 15 is 0 Å². The molecule has 0 aliphatic carbocycles. The first-order valence-corrected chi connectivity index (χ1v) is 7.35. The van der Waals surface area contributed by atoms with E-state index in [2.05, 4.69) is 15.9 Å². The maximum Gasteiger partial charge on any atom is 0.143 e. The minimum atomic E-state index is -0.869. The lowest BCUT2D eigenvalue weighted by Gasteiger charge is -2.13. The van der Waals surface area contributed by atoms with Crippen molar-refractivity contribution in [2.24, 2.45) is 0 Å². The standard InChI is InChI=1S/C16H15BrF2O2/c17-14-6-7-15(18)13(16(14)19)10-11(20)8-9-21-12-4-2-1-3-5-12/h1-7,11,20H,8-10H2. The maximum absolute atomic E-state index is 13.8. The number of benzene rings is 2. The Morgan fingerprint density at radius 3 is 2.52 bits per heavy atom. The van der Waals surface area contributed by atoms with Crippen molar-refractivity contribution >= 4 is 15.9 Å². The van der Waals surface area contributed by atoms with Gasteiger partial charge in [-0.15, -0.1) is 0 Å². The van der Waals surface area contributed by atoms with Gasteiger partial charge in [-0.1, -0.05) is 18.2 Å². The van der Waals surface area contributed by atoms with E-state index in [0.29, 0.717) is 12.2 Å². The molecule has 2 aromatic rings. The predicted molar refractivity (Wildman–Crippen MR) is 80.3 cm³/mol. The van der Waals surface area contributed by atoms with Crippen LogP contribution in [-0.4, -0.2) is 17.8 Å². The Kier molecular flexibility index (Phi) is 5.70. The van der Waals surface area contributed by atoms with Gasteiger partial charge in [0.1, 0.15) is 17.4 Å². The number of para-hydroxylation sites is 1. The van der Waals surface area contributed by atoms with Gasteiger partial charge in [0, 0.05) is 18.4 Å². The number of aliphatic hydroxyl groups is 1. The first kappa shape index (κ1) is 15.9. The fraction of sp³-hybridized carbons (Fsp3) is 0.250. The van der Waals surface area contributed by atoms with Crippen LogP contribution in [0.5, 0.6) is 5.75 Å². The Morgan fingerprint density at radius 2 is 1.81 bits per heavy atom. The molecule has 2 rings (SSSR count). The summed E-state index contributed by atoms with van der Waals surface area (Å²) < 4.78 is 33.0. The summed E-state index contributed by atoms with van der Waals surface area (Å²) in [5, 5.41) is 9.89. The predicted octanol–water partition coefficient (Wildman–Crippen LogP) is 4.10. The van der Waals surface area contributed by atoms with Crippen LogP contribution in [0.3, 0.4) is 0 Å². The number of halogens is 3. The molecule has 112 valence electrons. The van der Waals surface area contributed by atoms with Gasteiger partial charge in [0.05, 0.1) is 17.2 Å². The second-order valence-electron chi connectivity index (χ2n) is 4.63. The SMILES string of the molecule is OC(CCOc1ccccc1)Cc1c(F)ccc(Br)c1F. The van der Waals surface area contributed by atoms with Crippen LogP contribution < -0.4 is 4.74 Å². The molecule has 21 heavy (non-hydrogen) atoms. The summed E-state index contributed by atoms with van der Waals surface area (Å²) in [6.45, 7) is 0.280. The largest absolute Gasteiger partial charge is 0.493 e. The number of rotatable bonds is 6. The summed E-state index contributed by atoms with van der Waals surface area (Å²) in [6, 6.07) is 11.7. The minimum Gasteiger partial charge on any atom is -0.493 e. The van der Waals surface area contributed by atoms with Crippen molar-refractivity contribution in [2.75, 3.05) is 6.61 Å². The molecule has 0 heterocycles. The van der Waals surface area contributed by atoms with Gasteiger partial charge in [-0.3, -0.25) is 0 Å². The second-order valence-corrected chi connectivity index (χ2v) is 5.48. The minimum absolute atomic E-state index is 0.0880. The summed E-state index contributed by atoms with van der Waals surface area (Å²) >= 11 is 3.01. The van der Waals surface area contributed by atoms with Crippen LogP contribution in [-0.2, 0) is 6.42 Å². The molecule has 5 heteroatoms. The van der Waals surface area contributed by atoms with Gasteiger partial charge in [-0.05, 0) is 40.2 Å². The zero-order valence-corrected chi connectivity index (χ0v) is 12.8. The Morgan fingerprint density at radius 1 is 1.10 bits per heavy atom. The highest BCUT2D eigenvalue weighted by atomic mass is 79.9. The third-order valence-electron chi connectivity index (χ3n) is 3.04. The van der Waals surface area contributed by atoms with Crippen molar-refractivity contribution in [1.29, 1.82) is 0 Å². The van der Waals surface area contributed by atoms with Crippen LogP contribution in [0.2, 0.25) is 0 Å². The Labute approximate surface area is 130 Å². The maximum atomic E-state index is 13.8. The van der Waals surface area contributed by atoms with Gasteiger partial charge in [-0.2, -0.15) is 0 Å². The molecule has 0 aliphatic heterocycles. The molecule has 2 nitrogen and oxygen atoms in total. The van der Waals surface area contributed by atoms with Crippen molar-refractivity contribution in [3.8, 4) is 5.75 Å². The van der Waals surface area contributed by atoms with E-state index in [0.717, 1.165) is 0 Å². The molecule has 1 atom stereocenters. The smallest absolute Gasteiger partial charge is 0.143 e. The van der Waals surface area contributed by atoms with Crippen LogP contribution in [0.25, 0.3) is 0 Å². The van der Waals surface area contributed by atoms with Crippen LogP contribution >= 0.6 is 15.9 Å². The number of aliphatic hydroxyl groups excluding tert-OH is 1. The normalized spacial score (nSPS) is 12.2. The molecule has 0 saturated heterocycles. The lowest BCUT2D eigenvalue weighted by atomic mass is 10.0. The Hall–Kier alpha value is -1.46. The van der Waals surface area contributed by atoms with E-state index < -0.39 is 17.7 Å². The second kappa shape index (κ2) is 7.52. The highest BCUT2D eigenvalue weighted by Crippen LogP contribution is 2.23. The fourth-order valence-electron chi connectivity index (χ4n) is 1.92. The van der Waals surface area contributed by atoms with Gasteiger partial charge in [0.2, 0.25) is 0 Å². The summed E-state index contributed by atoms with van der Waals surface area (Å²) in [4.78, 5) is 0. The molecule has 1 unspecified atom stereocenters. The summed E-state index contributed by atoms with van der Waals surface area (Å²) in [5.41, 5.74) is -0.114. The fourth-order valence-corrected chi connectivity index (χ4v) is 2.29. The van der Waals surface area contributed by atoms with Crippen molar-refractivity contribution in [3.63, 3.8) is 0 Å². The Balaban J connectivity index is 1.88. The number of ether oxygens (including phenoxy) is 1. The number of hydrogen-bond donors (Lipinski definition) is 1. The molecule has 0 spiro atoms. The van der Waals surface area contributed by atoms with E-state index in [4.69, 9.17) is 4.74 Å². The molecule has 0 bridgehead atoms. The lowest BCUT2D eigenvalue weighted by molar-refractivity contribution is 0.137. The monoisotopic (exact) mass is 356 g/mol. The molecule has 0 fully saturated rings. The zero-order valence-electron chi connectivity index (χ0n) is 11.2. The van der Waals surface area contributed by atoms with E-state index in [1.54, 1.807) is 12.1 Å². The molecular formula is C16H15BrF2O2. The molecule has 0 amide bonds. The molecule has 0 aromatic heterocycles. The average Bonchev–Trinajstić information content (AvgIpc) is 2.49. The van der Waals surface area contributed by atoms with E-state index in [9.17, 15) is 13.9 Å². The number of hydrogen-bond acceptors (Lipinski definition) is 2. The first-order valence-electron chi connectivity index (χ1n) is 6.56. The molecule has 0 aliphatic rings. The van der Waals surface area contributed by atoms with Crippen LogP contribution in [0.15, 0.2) is 46.9 Å². The lowest BCUT2D eigenvalue weighted by Crippen LogP contribution is -2.16. The highest BCUT2D eigenvalue weighted by molar-refractivity contribution is 9.10. The quantitative estimate of drug-likeness (QED) is 0.789. The van der Waals surface area contributed by atoms with Gasteiger partial charge in [0.25, 0.3) is 0 Å². The van der Waals surface area contributed by atoms with Crippen LogP contribution in [0, 0.1) is 11.6 Å². The third kappa shape index (κ3) is 4.51. The summed E-state index contributed by atoms with van der Waals surface area (Å²) in [6.07, 6.45) is -0.665. The Bertz CT molecular complexity index is 590. The third-order valence-corrected chi connectivity index (χ3v) is 3.65. The summed E-state index contributed by atoms with van der Waals surface area (Å²) in [5.74, 6) is -0.624.